The fourth-order valence-corrected chi connectivity index (χ4v) is 4.40. The van der Waals surface area contributed by atoms with Crippen molar-refractivity contribution in [1.29, 1.82) is 0 Å². The van der Waals surface area contributed by atoms with E-state index in [1.165, 1.54) is 11.8 Å². The van der Waals surface area contributed by atoms with Gasteiger partial charge in [-0.1, -0.05) is 90.1 Å². The van der Waals surface area contributed by atoms with Gasteiger partial charge in [0.05, 0.1) is 0 Å². The number of rotatable bonds is 5. The van der Waals surface area contributed by atoms with Gasteiger partial charge in [0, 0.05) is 27.6 Å². The van der Waals surface area contributed by atoms with Crippen molar-refractivity contribution in [3.05, 3.63) is 95.0 Å². The van der Waals surface area contributed by atoms with Gasteiger partial charge >= 0.3 is 0 Å². The van der Waals surface area contributed by atoms with Crippen LogP contribution in [0.15, 0.2) is 84.0 Å². The summed E-state index contributed by atoms with van der Waals surface area (Å²) in [6.45, 7) is 0. The molecule has 2 heterocycles. The van der Waals surface area contributed by atoms with E-state index < -0.39 is 6.23 Å². The molecule has 0 saturated heterocycles. The quantitative estimate of drug-likeness (QED) is 0.311. The van der Waals surface area contributed by atoms with E-state index in [9.17, 15) is 4.79 Å². The third-order valence-corrected chi connectivity index (χ3v) is 6.20. The highest BCUT2D eigenvalue weighted by Crippen LogP contribution is 2.37. The highest BCUT2D eigenvalue weighted by Gasteiger charge is 2.30. The third-order valence-electron chi connectivity index (χ3n) is 4.94. The van der Waals surface area contributed by atoms with Crippen molar-refractivity contribution >= 4 is 34.8 Å². The Hall–Kier alpha value is -3.42. The minimum Gasteiger partial charge on any atom is -0.444 e. The molecule has 158 valence electrons. The van der Waals surface area contributed by atoms with E-state index in [0.29, 0.717) is 27.2 Å². The Labute approximate surface area is 194 Å². The molecular weight excluding hydrogens is 444 g/mol. The predicted molar refractivity (Wildman–Crippen MR) is 125 cm³/mol. The van der Waals surface area contributed by atoms with E-state index in [4.69, 9.17) is 16.3 Å². The molecule has 5 rings (SSSR count). The highest BCUT2D eigenvalue weighted by molar-refractivity contribution is 7.98. The number of anilines is 1. The van der Waals surface area contributed by atoms with Crippen LogP contribution in [0.2, 0.25) is 5.02 Å². The van der Waals surface area contributed by atoms with Crippen LogP contribution < -0.4 is 10.1 Å². The van der Waals surface area contributed by atoms with Crippen molar-refractivity contribution in [2.45, 2.75) is 17.1 Å². The van der Waals surface area contributed by atoms with Crippen LogP contribution in [0, 0.1) is 0 Å². The number of halogens is 1. The molecule has 0 spiro atoms. The highest BCUT2D eigenvalue weighted by atomic mass is 35.5. The molecule has 0 bridgehead atoms. The molecule has 0 aliphatic carbocycles. The molecule has 32 heavy (non-hydrogen) atoms. The first-order chi connectivity index (χ1) is 15.7. The largest absolute Gasteiger partial charge is 0.444 e. The standard InChI is InChI=1S/C24H17ClN4O2S/c25-18-12-6-4-10-16(18)14-32-24-27-22-20(28-29-24)17-11-5-7-13-19(17)26-23(31-22)21(30)15-8-2-1-3-9-15/h1-13,23,26H,14H2/t23-/m1/s1. The van der Waals surface area contributed by atoms with Crippen LogP contribution in [-0.2, 0) is 5.75 Å². The number of fused-ring (bicyclic) bond motifs is 3. The van der Waals surface area contributed by atoms with E-state index in [1.807, 2.05) is 66.7 Å². The summed E-state index contributed by atoms with van der Waals surface area (Å²) >= 11 is 7.66. The normalized spacial score (nSPS) is 14.3. The van der Waals surface area contributed by atoms with Gasteiger partial charge in [-0.25, -0.2) is 0 Å². The molecule has 0 radical (unpaired) electrons. The molecule has 6 nitrogen and oxygen atoms in total. The van der Waals surface area contributed by atoms with Crippen LogP contribution in [0.1, 0.15) is 15.9 Å². The lowest BCUT2D eigenvalue weighted by atomic mass is 10.1. The smallest absolute Gasteiger partial charge is 0.247 e. The number of ketones is 1. The zero-order valence-electron chi connectivity index (χ0n) is 16.7. The van der Waals surface area contributed by atoms with Crippen molar-refractivity contribution in [2.75, 3.05) is 5.32 Å². The zero-order valence-corrected chi connectivity index (χ0v) is 18.3. The number of hydrogen-bond acceptors (Lipinski definition) is 7. The van der Waals surface area contributed by atoms with E-state index in [1.54, 1.807) is 12.1 Å². The van der Waals surface area contributed by atoms with E-state index >= 15 is 0 Å². The number of benzene rings is 3. The van der Waals surface area contributed by atoms with Gasteiger partial charge in [0.25, 0.3) is 0 Å². The van der Waals surface area contributed by atoms with Crippen molar-refractivity contribution in [2.24, 2.45) is 0 Å². The van der Waals surface area contributed by atoms with E-state index in [2.05, 4.69) is 20.5 Å². The first-order valence-electron chi connectivity index (χ1n) is 9.92. The molecule has 1 aromatic heterocycles. The molecule has 3 aromatic carbocycles. The van der Waals surface area contributed by atoms with Gasteiger partial charge in [-0.05, 0) is 17.7 Å². The topological polar surface area (TPSA) is 77.0 Å². The summed E-state index contributed by atoms with van der Waals surface area (Å²) in [6.07, 6.45) is -0.946. The number of para-hydroxylation sites is 1. The summed E-state index contributed by atoms with van der Waals surface area (Å²) in [4.78, 5) is 17.7. The number of hydrogen-bond donors (Lipinski definition) is 1. The Morgan fingerprint density at radius 3 is 2.56 bits per heavy atom. The number of ether oxygens (including phenoxy) is 1. The SMILES string of the molecule is O=C(c1ccccc1)[C@@H]1Nc2ccccc2-c2nnc(SCc3ccccc3Cl)nc2O1. The van der Waals surface area contributed by atoms with Gasteiger partial charge in [0.15, 0.2) is 5.69 Å². The number of nitrogens with one attached hydrogen (secondary N) is 1. The number of nitrogens with zero attached hydrogens (tertiary/aromatic N) is 3. The summed E-state index contributed by atoms with van der Waals surface area (Å²) in [7, 11) is 0. The molecule has 1 N–H and O–H groups in total. The van der Waals surface area contributed by atoms with E-state index in [0.717, 1.165) is 16.8 Å². The Bertz CT molecular complexity index is 1290. The fourth-order valence-electron chi connectivity index (χ4n) is 3.34. The maximum absolute atomic E-state index is 13.1. The second-order valence-corrected chi connectivity index (χ2v) is 8.40. The fraction of sp³-hybridized carbons (Fsp3) is 0.0833. The molecule has 1 atom stereocenters. The Morgan fingerprint density at radius 2 is 1.72 bits per heavy atom. The molecule has 0 saturated carbocycles. The Morgan fingerprint density at radius 1 is 0.969 bits per heavy atom. The molecule has 0 unspecified atom stereocenters. The third kappa shape index (κ3) is 4.17. The Balaban J connectivity index is 1.48. The summed E-state index contributed by atoms with van der Waals surface area (Å²) in [5.41, 5.74) is 3.50. The van der Waals surface area contributed by atoms with Gasteiger partial charge in [-0.15, -0.1) is 10.2 Å². The molecule has 0 fully saturated rings. The van der Waals surface area contributed by atoms with Crippen LogP contribution in [0.5, 0.6) is 5.88 Å². The number of carbonyl (C=O) groups is 1. The summed E-state index contributed by atoms with van der Waals surface area (Å²) in [5, 5.41) is 13.0. The van der Waals surface area contributed by atoms with Crippen molar-refractivity contribution in [3.8, 4) is 17.1 Å². The molecular formula is C24H17ClN4O2S. The molecule has 8 heteroatoms. The number of carbonyl (C=O) groups excluding carboxylic acids is 1. The van der Waals surface area contributed by atoms with Crippen molar-refractivity contribution in [1.82, 2.24) is 15.2 Å². The minimum atomic E-state index is -0.946. The van der Waals surface area contributed by atoms with Crippen LogP contribution in [0.3, 0.4) is 0 Å². The molecule has 1 aliphatic heterocycles. The molecule has 1 aliphatic rings. The number of thioether (sulfide) groups is 1. The second-order valence-electron chi connectivity index (χ2n) is 7.05. The lowest BCUT2D eigenvalue weighted by Crippen LogP contribution is -2.35. The van der Waals surface area contributed by atoms with Crippen molar-refractivity contribution < 1.29 is 9.53 Å². The van der Waals surface area contributed by atoms with E-state index in [-0.39, 0.29) is 11.7 Å². The lowest BCUT2D eigenvalue weighted by Gasteiger charge is -2.17. The van der Waals surface area contributed by atoms with Crippen LogP contribution in [0.4, 0.5) is 5.69 Å². The summed E-state index contributed by atoms with van der Waals surface area (Å²) < 4.78 is 6.06. The van der Waals surface area contributed by atoms with Gasteiger partial charge in [0.2, 0.25) is 23.0 Å². The average molecular weight is 461 g/mol. The number of Topliss-reactive ketones (excluding diaryl/α,β-unsaturated/α-hetero) is 1. The zero-order chi connectivity index (χ0) is 21.9. The summed E-state index contributed by atoms with van der Waals surface area (Å²) in [6, 6.07) is 24.2. The van der Waals surface area contributed by atoms with Gasteiger partial charge in [-0.3, -0.25) is 4.79 Å². The van der Waals surface area contributed by atoms with Gasteiger partial charge in [0.1, 0.15) is 0 Å². The van der Waals surface area contributed by atoms with Gasteiger partial charge in [-0.2, -0.15) is 4.98 Å². The molecule has 4 aromatic rings. The number of aromatic nitrogens is 3. The first-order valence-corrected chi connectivity index (χ1v) is 11.3. The monoisotopic (exact) mass is 460 g/mol. The minimum absolute atomic E-state index is 0.197. The Kier molecular flexibility index (Phi) is 5.75. The second kappa shape index (κ2) is 8.98. The van der Waals surface area contributed by atoms with Gasteiger partial charge < -0.3 is 10.1 Å². The summed E-state index contributed by atoms with van der Waals surface area (Å²) in [5.74, 6) is 0.645. The van der Waals surface area contributed by atoms with Crippen LogP contribution >= 0.6 is 23.4 Å². The maximum Gasteiger partial charge on any atom is 0.247 e. The molecule has 0 amide bonds. The predicted octanol–water partition coefficient (Wildman–Crippen LogP) is 5.50. The van der Waals surface area contributed by atoms with Crippen molar-refractivity contribution in [3.63, 3.8) is 0 Å². The van der Waals surface area contributed by atoms with Crippen LogP contribution in [0.25, 0.3) is 11.3 Å². The average Bonchev–Trinajstić information content (AvgIpc) is 3.00. The maximum atomic E-state index is 13.1. The first kappa shape index (κ1) is 20.5. The van der Waals surface area contributed by atoms with Crippen LogP contribution in [-0.4, -0.2) is 27.2 Å². The lowest BCUT2D eigenvalue weighted by molar-refractivity contribution is 0.0823.